The Morgan fingerprint density at radius 3 is 2.38 bits per heavy atom. The highest BCUT2D eigenvalue weighted by molar-refractivity contribution is 5.54. The van der Waals surface area contributed by atoms with E-state index in [9.17, 15) is 0 Å². The lowest BCUT2D eigenvalue weighted by Crippen LogP contribution is -2.31. The van der Waals surface area contributed by atoms with E-state index >= 15 is 0 Å². The van der Waals surface area contributed by atoms with Crippen LogP contribution in [0.4, 0.5) is 5.69 Å². The van der Waals surface area contributed by atoms with Crippen molar-refractivity contribution in [2.75, 3.05) is 25.6 Å². The zero-order valence-corrected chi connectivity index (χ0v) is 13.3. The molecule has 1 unspecified atom stereocenters. The van der Waals surface area contributed by atoms with E-state index in [0.29, 0.717) is 6.54 Å². The van der Waals surface area contributed by atoms with Gasteiger partial charge in [0.05, 0.1) is 13.2 Å². The topological polar surface area (TPSA) is 38.5 Å². The fourth-order valence-corrected chi connectivity index (χ4v) is 2.75. The number of methoxy groups -OCH3 is 1. The number of nitrogens with two attached hydrogens (primary N) is 1. The molecule has 0 aromatic heterocycles. The number of likely N-dealkylation sites (N-methyl/N-ethyl adjacent to an activating group) is 1. The zero-order chi connectivity index (χ0) is 15.4. The maximum atomic E-state index is 6.04. The molecule has 21 heavy (non-hydrogen) atoms. The molecular formula is C18H24N2O. The van der Waals surface area contributed by atoms with Crippen LogP contribution in [0.15, 0.2) is 42.5 Å². The number of benzene rings is 2. The van der Waals surface area contributed by atoms with Crippen LogP contribution in [-0.4, -0.2) is 20.7 Å². The van der Waals surface area contributed by atoms with Crippen LogP contribution in [0.25, 0.3) is 0 Å². The Balaban J connectivity index is 2.35. The van der Waals surface area contributed by atoms with Gasteiger partial charge >= 0.3 is 0 Å². The predicted octanol–water partition coefficient (Wildman–Crippen LogP) is 3.45. The number of para-hydroxylation sites is 1. The van der Waals surface area contributed by atoms with Gasteiger partial charge in [0.25, 0.3) is 0 Å². The van der Waals surface area contributed by atoms with Crippen molar-refractivity contribution in [1.29, 1.82) is 0 Å². The maximum Gasteiger partial charge on any atom is 0.121 e. The molecule has 0 aliphatic heterocycles. The molecule has 1 atom stereocenters. The summed E-state index contributed by atoms with van der Waals surface area (Å²) < 4.78 is 5.33. The number of aryl methyl sites for hydroxylation is 2. The Morgan fingerprint density at radius 2 is 1.81 bits per heavy atom. The number of ether oxygens (including phenoxy) is 1. The van der Waals surface area contributed by atoms with Crippen molar-refractivity contribution in [3.8, 4) is 5.75 Å². The standard InChI is InChI=1S/C18H24N2O/c1-13-7-5-6-8-16(13)20(3)17(12-19)15-9-10-18(21-4)14(2)11-15/h5-11,17H,12,19H2,1-4H3. The number of anilines is 1. The van der Waals surface area contributed by atoms with Crippen molar-refractivity contribution in [2.24, 2.45) is 5.73 Å². The molecule has 2 rings (SSSR count). The maximum absolute atomic E-state index is 6.04. The number of hydrogen-bond acceptors (Lipinski definition) is 3. The number of nitrogens with zero attached hydrogens (tertiary/aromatic N) is 1. The third-order valence-corrected chi connectivity index (χ3v) is 3.99. The highest BCUT2D eigenvalue weighted by Crippen LogP contribution is 2.29. The van der Waals surface area contributed by atoms with E-state index in [1.807, 2.05) is 6.07 Å². The van der Waals surface area contributed by atoms with Gasteiger partial charge in [-0.05, 0) is 42.7 Å². The molecule has 3 nitrogen and oxygen atoms in total. The molecule has 0 aliphatic carbocycles. The van der Waals surface area contributed by atoms with Gasteiger partial charge < -0.3 is 15.4 Å². The second-order valence-electron chi connectivity index (χ2n) is 5.38. The summed E-state index contributed by atoms with van der Waals surface area (Å²) in [5.41, 5.74) is 10.8. The SMILES string of the molecule is COc1ccc(C(CN)N(C)c2ccccc2C)cc1C. The van der Waals surface area contributed by atoms with E-state index in [0.717, 1.165) is 11.3 Å². The number of hydrogen-bond donors (Lipinski definition) is 1. The summed E-state index contributed by atoms with van der Waals surface area (Å²) in [4.78, 5) is 2.25. The van der Waals surface area contributed by atoms with Crippen LogP contribution in [-0.2, 0) is 0 Å². The lowest BCUT2D eigenvalue weighted by atomic mass is 10.0. The van der Waals surface area contributed by atoms with Crippen LogP contribution in [0.5, 0.6) is 5.75 Å². The molecule has 2 N–H and O–H groups in total. The Labute approximate surface area is 127 Å². The van der Waals surface area contributed by atoms with Crippen molar-refractivity contribution in [1.82, 2.24) is 0 Å². The third kappa shape index (κ3) is 3.19. The minimum atomic E-state index is 0.149. The molecule has 2 aromatic carbocycles. The third-order valence-electron chi connectivity index (χ3n) is 3.99. The van der Waals surface area contributed by atoms with Gasteiger partial charge in [-0.15, -0.1) is 0 Å². The lowest BCUT2D eigenvalue weighted by Gasteiger charge is -2.31. The fraction of sp³-hybridized carbons (Fsp3) is 0.333. The molecule has 0 bridgehead atoms. The van der Waals surface area contributed by atoms with E-state index < -0.39 is 0 Å². The second-order valence-corrected chi connectivity index (χ2v) is 5.38. The van der Waals surface area contributed by atoms with Crippen molar-refractivity contribution in [2.45, 2.75) is 19.9 Å². The van der Waals surface area contributed by atoms with Gasteiger partial charge in [-0.3, -0.25) is 0 Å². The first kappa shape index (κ1) is 15.4. The van der Waals surface area contributed by atoms with E-state index in [-0.39, 0.29) is 6.04 Å². The normalized spacial score (nSPS) is 12.0. The second kappa shape index (κ2) is 6.64. The monoisotopic (exact) mass is 284 g/mol. The molecule has 2 aromatic rings. The summed E-state index contributed by atoms with van der Waals surface area (Å²) >= 11 is 0. The average molecular weight is 284 g/mol. The number of rotatable bonds is 5. The van der Waals surface area contributed by atoms with Gasteiger partial charge in [-0.25, -0.2) is 0 Å². The largest absolute Gasteiger partial charge is 0.496 e. The fourth-order valence-electron chi connectivity index (χ4n) is 2.75. The summed E-state index contributed by atoms with van der Waals surface area (Å²) in [5, 5.41) is 0. The van der Waals surface area contributed by atoms with Gasteiger partial charge in [0.15, 0.2) is 0 Å². The molecule has 0 heterocycles. The Morgan fingerprint density at radius 1 is 1.10 bits per heavy atom. The van der Waals surface area contributed by atoms with Crippen LogP contribution in [0.2, 0.25) is 0 Å². The highest BCUT2D eigenvalue weighted by Gasteiger charge is 2.18. The minimum absolute atomic E-state index is 0.149. The molecule has 0 amide bonds. The van der Waals surface area contributed by atoms with Crippen LogP contribution < -0.4 is 15.4 Å². The van der Waals surface area contributed by atoms with E-state index in [1.54, 1.807) is 7.11 Å². The van der Waals surface area contributed by atoms with Gasteiger partial charge in [-0.2, -0.15) is 0 Å². The summed E-state index contributed by atoms with van der Waals surface area (Å²) in [5.74, 6) is 0.910. The summed E-state index contributed by atoms with van der Waals surface area (Å²) in [6.07, 6.45) is 0. The van der Waals surface area contributed by atoms with Crippen LogP contribution >= 0.6 is 0 Å². The van der Waals surface area contributed by atoms with Gasteiger partial charge in [0.1, 0.15) is 5.75 Å². The van der Waals surface area contributed by atoms with Gasteiger partial charge in [-0.1, -0.05) is 30.3 Å². The van der Waals surface area contributed by atoms with Crippen molar-refractivity contribution < 1.29 is 4.74 Å². The molecule has 3 heteroatoms. The first-order valence-electron chi connectivity index (χ1n) is 7.21. The summed E-state index contributed by atoms with van der Waals surface area (Å²) in [6.45, 7) is 4.75. The van der Waals surface area contributed by atoms with Crippen molar-refractivity contribution in [3.63, 3.8) is 0 Å². The van der Waals surface area contributed by atoms with E-state index in [1.165, 1.54) is 16.8 Å². The van der Waals surface area contributed by atoms with Crippen LogP contribution in [0.3, 0.4) is 0 Å². The van der Waals surface area contributed by atoms with Crippen LogP contribution in [0.1, 0.15) is 22.7 Å². The van der Waals surface area contributed by atoms with Crippen molar-refractivity contribution in [3.05, 3.63) is 59.2 Å². The smallest absolute Gasteiger partial charge is 0.121 e. The van der Waals surface area contributed by atoms with Crippen molar-refractivity contribution >= 4 is 5.69 Å². The molecule has 0 aliphatic rings. The van der Waals surface area contributed by atoms with E-state index in [2.05, 4.69) is 62.2 Å². The minimum Gasteiger partial charge on any atom is -0.496 e. The molecular weight excluding hydrogens is 260 g/mol. The van der Waals surface area contributed by atoms with Crippen LogP contribution in [0, 0.1) is 13.8 Å². The molecule has 0 spiro atoms. The van der Waals surface area contributed by atoms with Gasteiger partial charge in [0, 0.05) is 19.3 Å². The Bertz CT molecular complexity index is 610. The molecule has 0 radical (unpaired) electrons. The Kier molecular flexibility index (Phi) is 4.86. The molecule has 0 saturated carbocycles. The predicted molar refractivity (Wildman–Crippen MR) is 89.1 cm³/mol. The van der Waals surface area contributed by atoms with Gasteiger partial charge in [0.2, 0.25) is 0 Å². The first-order valence-corrected chi connectivity index (χ1v) is 7.21. The summed E-state index contributed by atoms with van der Waals surface area (Å²) in [6, 6.07) is 14.8. The average Bonchev–Trinajstić information content (AvgIpc) is 2.48. The quantitative estimate of drug-likeness (QED) is 0.914. The molecule has 112 valence electrons. The Hall–Kier alpha value is -2.00. The van der Waals surface area contributed by atoms with E-state index in [4.69, 9.17) is 10.5 Å². The molecule has 0 fully saturated rings. The molecule has 0 saturated heterocycles. The lowest BCUT2D eigenvalue weighted by molar-refractivity contribution is 0.411. The highest BCUT2D eigenvalue weighted by atomic mass is 16.5. The zero-order valence-electron chi connectivity index (χ0n) is 13.3. The summed E-state index contributed by atoms with van der Waals surface area (Å²) in [7, 11) is 3.79. The first-order chi connectivity index (χ1) is 10.1.